The molecule has 0 bridgehead atoms. The fourth-order valence-corrected chi connectivity index (χ4v) is 4.00. The molecular weight excluding hydrogens is 392 g/mol. The van der Waals surface area contributed by atoms with E-state index in [-0.39, 0.29) is 24.2 Å². The van der Waals surface area contributed by atoms with Crippen molar-refractivity contribution < 1.29 is 9.53 Å². The maximum atomic E-state index is 12.5. The van der Waals surface area contributed by atoms with Crippen LogP contribution in [0.15, 0.2) is 30.6 Å². The van der Waals surface area contributed by atoms with Gasteiger partial charge >= 0.3 is 0 Å². The standard InChI is InChI=1S/C23H32N6O2/c1-16-13-28(8-9-29(16)21(30)15-31-23(2,3)4)22-24-11-19(12-25-22)17-6-7-18-14-27(5)26-20(18)10-17/h6-7,10-12,16,26H,8-9,13-15H2,1-5H3/t16-/m1/s1. The summed E-state index contributed by atoms with van der Waals surface area (Å²) >= 11 is 0. The van der Waals surface area contributed by atoms with Gasteiger partial charge in [0.1, 0.15) is 6.61 Å². The summed E-state index contributed by atoms with van der Waals surface area (Å²) in [7, 11) is 2.03. The van der Waals surface area contributed by atoms with Crippen molar-refractivity contribution in [2.24, 2.45) is 0 Å². The molecule has 166 valence electrons. The predicted molar refractivity (Wildman–Crippen MR) is 122 cm³/mol. The fraction of sp³-hybridized carbons (Fsp3) is 0.522. The van der Waals surface area contributed by atoms with Crippen LogP contribution in [0.2, 0.25) is 0 Å². The number of hydrogen-bond donors (Lipinski definition) is 1. The van der Waals surface area contributed by atoms with Gasteiger partial charge in [-0.05, 0) is 44.9 Å². The highest BCUT2D eigenvalue weighted by molar-refractivity contribution is 5.78. The van der Waals surface area contributed by atoms with Crippen LogP contribution in [0.3, 0.4) is 0 Å². The van der Waals surface area contributed by atoms with E-state index in [9.17, 15) is 4.79 Å². The summed E-state index contributed by atoms with van der Waals surface area (Å²) in [4.78, 5) is 25.8. The van der Waals surface area contributed by atoms with Crippen LogP contribution < -0.4 is 10.3 Å². The van der Waals surface area contributed by atoms with Gasteiger partial charge in [-0.25, -0.2) is 15.0 Å². The zero-order valence-electron chi connectivity index (χ0n) is 19.1. The molecule has 4 rings (SSSR count). The minimum Gasteiger partial charge on any atom is -0.366 e. The van der Waals surface area contributed by atoms with Gasteiger partial charge in [-0.3, -0.25) is 4.79 Å². The Hall–Kier alpha value is -2.71. The molecule has 1 N–H and O–H groups in total. The summed E-state index contributed by atoms with van der Waals surface area (Å²) < 4.78 is 5.66. The van der Waals surface area contributed by atoms with Crippen LogP contribution in [-0.4, -0.2) is 70.7 Å². The molecule has 0 unspecified atom stereocenters. The van der Waals surface area contributed by atoms with Gasteiger partial charge < -0.3 is 20.0 Å². The van der Waals surface area contributed by atoms with Crippen LogP contribution in [-0.2, 0) is 16.1 Å². The molecule has 0 saturated carbocycles. The van der Waals surface area contributed by atoms with Crippen molar-refractivity contribution in [2.75, 3.05) is 43.6 Å². The Morgan fingerprint density at radius 3 is 2.61 bits per heavy atom. The fourth-order valence-electron chi connectivity index (χ4n) is 4.00. The van der Waals surface area contributed by atoms with Crippen molar-refractivity contribution in [1.82, 2.24) is 19.9 Å². The number of fused-ring (bicyclic) bond motifs is 1. The summed E-state index contributed by atoms with van der Waals surface area (Å²) in [5, 5.41) is 2.06. The number of hydrogen-bond acceptors (Lipinski definition) is 7. The molecule has 8 heteroatoms. The van der Waals surface area contributed by atoms with E-state index in [2.05, 4.69) is 50.4 Å². The van der Waals surface area contributed by atoms with Crippen LogP contribution >= 0.6 is 0 Å². The second-order valence-corrected chi connectivity index (χ2v) is 9.39. The number of hydrazine groups is 1. The highest BCUT2D eigenvalue weighted by Gasteiger charge is 2.29. The highest BCUT2D eigenvalue weighted by Crippen LogP contribution is 2.30. The number of carbonyl (C=O) groups excluding carboxylic acids is 1. The molecule has 1 fully saturated rings. The zero-order valence-corrected chi connectivity index (χ0v) is 19.1. The number of anilines is 2. The molecule has 8 nitrogen and oxygen atoms in total. The third-order valence-electron chi connectivity index (χ3n) is 5.66. The van der Waals surface area contributed by atoms with Crippen molar-refractivity contribution in [3.8, 4) is 11.1 Å². The molecule has 2 aliphatic rings. The number of ether oxygens (including phenoxy) is 1. The normalized spacial score (nSPS) is 19.3. The number of piperazine rings is 1. The van der Waals surface area contributed by atoms with Crippen LogP contribution in [0.25, 0.3) is 11.1 Å². The van der Waals surface area contributed by atoms with E-state index in [0.29, 0.717) is 25.6 Å². The summed E-state index contributed by atoms with van der Waals surface area (Å²) in [6, 6.07) is 6.48. The maximum Gasteiger partial charge on any atom is 0.248 e. The Morgan fingerprint density at radius 1 is 1.19 bits per heavy atom. The van der Waals surface area contributed by atoms with Crippen molar-refractivity contribution in [3.05, 3.63) is 36.2 Å². The maximum absolute atomic E-state index is 12.5. The van der Waals surface area contributed by atoms with Crippen LogP contribution in [0.1, 0.15) is 33.3 Å². The number of nitrogens with zero attached hydrogens (tertiary/aromatic N) is 5. The quantitative estimate of drug-likeness (QED) is 0.809. The highest BCUT2D eigenvalue weighted by atomic mass is 16.5. The number of carbonyl (C=O) groups is 1. The molecular formula is C23H32N6O2. The summed E-state index contributed by atoms with van der Waals surface area (Å²) in [5.74, 6) is 0.738. The molecule has 1 amide bonds. The van der Waals surface area contributed by atoms with Crippen molar-refractivity contribution in [2.45, 2.75) is 45.9 Å². The second-order valence-electron chi connectivity index (χ2n) is 9.39. The SMILES string of the molecule is C[C@@H]1CN(c2ncc(-c3ccc4c(c3)NN(C)C4)cn2)CCN1C(=O)COC(C)(C)C. The van der Waals surface area contributed by atoms with Crippen LogP contribution in [0, 0.1) is 0 Å². The molecule has 2 aromatic rings. The predicted octanol–water partition coefficient (Wildman–Crippen LogP) is 2.77. The lowest BCUT2D eigenvalue weighted by Gasteiger charge is -2.40. The first kappa shape index (κ1) is 21.5. The van der Waals surface area contributed by atoms with E-state index in [0.717, 1.165) is 23.4 Å². The topological polar surface area (TPSA) is 73.8 Å². The second kappa shape index (κ2) is 8.43. The number of nitrogens with one attached hydrogen (secondary N) is 1. The van der Waals surface area contributed by atoms with Gasteiger partial charge in [0.25, 0.3) is 0 Å². The third-order valence-corrected chi connectivity index (χ3v) is 5.66. The summed E-state index contributed by atoms with van der Waals surface area (Å²) in [6.07, 6.45) is 3.75. The van der Waals surface area contributed by atoms with E-state index in [1.165, 1.54) is 5.56 Å². The lowest BCUT2D eigenvalue weighted by molar-refractivity contribution is -0.143. The molecule has 1 atom stereocenters. The van der Waals surface area contributed by atoms with Gasteiger partial charge in [0.05, 0.1) is 11.3 Å². The monoisotopic (exact) mass is 424 g/mol. The first-order valence-corrected chi connectivity index (χ1v) is 10.8. The van der Waals surface area contributed by atoms with Crippen LogP contribution in [0.4, 0.5) is 11.6 Å². The lowest BCUT2D eigenvalue weighted by atomic mass is 10.1. The Bertz CT molecular complexity index is 940. The van der Waals surface area contributed by atoms with E-state index >= 15 is 0 Å². The lowest BCUT2D eigenvalue weighted by Crippen LogP contribution is -2.55. The molecule has 2 aliphatic heterocycles. The zero-order chi connectivity index (χ0) is 22.2. The number of rotatable bonds is 4. The van der Waals surface area contributed by atoms with Gasteiger partial charge in [0.2, 0.25) is 11.9 Å². The van der Waals surface area contributed by atoms with E-state index in [1.54, 1.807) is 0 Å². The van der Waals surface area contributed by atoms with Gasteiger partial charge in [0.15, 0.2) is 0 Å². The van der Waals surface area contributed by atoms with Gasteiger partial charge in [-0.2, -0.15) is 0 Å². The molecule has 1 saturated heterocycles. The van der Waals surface area contributed by atoms with E-state index in [1.807, 2.05) is 45.1 Å². The molecule has 31 heavy (non-hydrogen) atoms. The smallest absolute Gasteiger partial charge is 0.248 e. The average molecular weight is 425 g/mol. The number of benzene rings is 1. The first-order chi connectivity index (χ1) is 14.7. The first-order valence-electron chi connectivity index (χ1n) is 10.8. The average Bonchev–Trinajstić information content (AvgIpc) is 3.10. The van der Waals surface area contributed by atoms with Gasteiger partial charge in [-0.15, -0.1) is 0 Å². The van der Waals surface area contributed by atoms with Crippen LogP contribution in [0.5, 0.6) is 0 Å². The Labute approximate surface area is 184 Å². The van der Waals surface area contributed by atoms with Crippen molar-refractivity contribution >= 4 is 17.5 Å². The summed E-state index contributed by atoms with van der Waals surface area (Å²) in [5.41, 5.74) is 7.54. The minimum atomic E-state index is -0.318. The Kier molecular flexibility index (Phi) is 5.85. The minimum absolute atomic E-state index is 0.0363. The van der Waals surface area contributed by atoms with E-state index in [4.69, 9.17) is 4.74 Å². The van der Waals surface area contributed by atoms with Crippen molar-refractivity contribution in [1.29, 1.82) is 0 Å². The number of aromatic nitrogens is 2. The molecule has 3 heterocycles. The summed E-state index contributed by atoms with van der Waals surface area (Å²) in [6.45, 7) is 11.0. The molecule has 0 radical (unpaired) electrons. The molecule has 0 aliphatic carbocycles. The molecule has 1 aromatic heterocycles. The van der Waals surface area contributed by atoms with Crippen molar-refractivity contribution in [3.63, 3.8) is 0 Å². The largest absolute Gasteiger partial charge is 0.366 e. The molecule has 0 spiro atoms. The Balaban J connectivity index is 1.38. The van der Waals surface area contributed by atoms with Gasteiger partial charge in [0, 0.05) is 57.2 Å². The van der Waals surface area contributed by atoms with Gasteiger partial charge in [-0.1, -0.05) is 12.1 Å². The van der Waals surface area contributed by atoms with E-state index < -0.39 is 0 Å². The number of amides is 1. The molecule has 1 aromatic carbocycles. The third kappa shape index (κ3) is 4.97. The Morgan fingerprint density at radius 2 is 1.94 bits per heavy atom.